The van der Waals surface area contributed by atoms with Gasteiger partial charge in [0.1, 0.15) is 6.04 Å². The molecule has 1 aromatic carbocycles. The van der Waals surface area contributed by atoms with E-state index in [2.05, 4.69) is 10.6 Å². The summed E-state index contributed by atoms with van der Waals surface area (Å²) in [6, 6.07) is 4.63. The van der Waals surface area contributed by atoms with Gasteiger partial charge in [0.05, 0.1) is 14.2 Å². The number of hydrogen-bond donors (Lipinski definition) is 2. The minimum absolute atomic E-state index is 0.185. The molecule has 1 saturated heterocycles. The van der Waals surface area contributed by atoms with Gasteiger partial charge in [0.25, 0.3) is 5.91 Å². The lowest BCUT2D eigenvalue weighted by atomic mass is 10.2. The van der Waals surface area contributed by atoms with E-state index in [1.807, 2.05) is 0 Å². The Morgan fingerprint density at radius 2 is 2.00 bits per heavy atom. The molecule has 0 radical (unpaired) electrons. The minimum atomic E-state index is -0.656. The van der Waals surface area contributed by atoms with Crippen LogP contribution in [0.1, 0.15) is 18.4 Å². The van der Waals surface area contributed by atoms with Gasteiger partial charge >= 0.3 is 5.97 Å². The summed E-state index contributed by atoms with van der Waals surface area (Å²) < 4.78 is 15.2. The van der Waals surface area contributed by atoms with Crippen molar-refractivity contribution in [2.24, 2.45) is 0 Å². The Bertz CT molecular complexity index is 631. The molecule has 2 N–H and O–H groups in total. The Labute approximate surface area is 139 Å². The second-order valence-electron chi connectivity index (χ2n) is 5.23. The van der Waals surface area contributed by atoms with Crippen LogP contribution in [-0.4, -0.2) is 44.7 Å². The third-order valence-corrected chi connectivity index (χ3v) is 3.56. The smallest absolute Gasteiger partial charge is 0.329 e. The van der Waals surface area contributed by atoms with Crippen LogP contribution in [0, 0.1) is 0 Å². The van der Waals surface area contributed by atoms with Gasteiger partial charge in [-0.05, 0) is 24.1 Å². The molecule has 0 aromatic heterocycles. The molecule has 8 nitrogen and oxygen atoms in total. The van der Waals surface area contributed by atoms with E-state index in [1.54, 1.807) is 25.3 Å². The number of carbonyl (C=O) groups is 3. The number of carbonyl (C=O) groups excluding carboxylic acids is 3. The molecule has 8 heteroatoms. The molecule has 2 rings (SSSR count). The van der Waals surface area contributed by atoms with E-state index in [1.165, 1.54) is 7.11 Å². The molecule has 0 saturated carbocycles. The molecule has 0 bridgehead atoms. The molecule has 0 spiro atoms. The van der Waals surface area contributed by atoms with Crippen LogP contribution in [-0.2, 0) is 25.7 Å². The second kappa shape index (κ2) is 8.19. The van der Waals surface area contributed by atoms with E-state index in [0.717, 1.165) is 5.56 Å². The zero-order valence-electron chi connectivity index (χ0n) is 13.6. The van der Waals surface area contributed by atoms with E-state index < -0.39 is 24.5 Å². The summed E-state index contributed by atoms with van der Waals surface area (Å²) in [5.74, 6) is -0.0489. The van der Waals surface area contributed by atoms with Crippen molar-refractivity contribution in [1.29, 1.82) is 0 Å². The van der Waals surface area contributed by atoms with Crippen molar-refractivity contribution in [1.82, 2.24) is 10.6 Å². The van der Waals surface area contributed by atoms with Crippen molar-refractivity contribution < 1.29 is 28.6 Å². The van der Waals surface area contributed by atoms with Gasteiger partial charge in [-0.25, -0.2) is 4.79 Å². The molecule has 0 aliphatic carbocycles. The van der Waals surface area contributed by atoms with Crippen LogP contribution in [0.15, 0.2) is 18.2 Å². The summed E-state index contributed by atoms with van der Waals surface area (Å²) in [5, 5.41) is 5.13. The van der Waals surface area contributed by atoms with Crippen molar-refractivity contribution in [2.75, 3.05) is 20.8 Å². The fourth-order valence-corrected chi connectivity index (χ4v) is 2.27. The molecular weight excluding hydrogens is 316 g/mol. The zero-order valence-corrected chi connectivity index (χ0v) is 13.6. The first kappa shape index (κ1) is 17.6. The molecule has 1 aromatic rings. The molecule has 24 heavy (non-hydrogen) atoms. The normalized spacial score (nSPS) is 16.2. The number of esters is 1. The van der Waals surface area contributed by atoms with Gasteiger partial charge in [-0.1, -0.05) is 6.07 Å². The monoisotopic (exact) mass is 336 g/mol. The maximum Gasteiger partial charge on any atom is 0.329 e. The number of amides is 2. The van der Waals surface area contributed by atoms with Crippen LogP contribution >= 0.6 is 0 Å². The fourth-order valence-electron chi connectivity index (χ4n) is 2.27. The van der Waals surface area contributed by atoms with Crippen molar-refractivity contribution >= 4 is 17.8 Å². The van der Waals surface area contributed by atoms with E-state index in [9.17, 15) is 14.4 Å². The summed E-state index contributed by atoms with van der Waals surface area (Å²) >= 11 is 0. The number of hydrogen-bond acceptors (Lipinski definition) is 6. The van der Waals surface area contributed by atoms with Crippen molar-refractivity contribution in [3.05, 3.63) is 23.8 Å². The molecule has 1 aliphatic rings. The quantitative estimate of drug-likeness (QED) is 0.687. The Morgan fingerprint density at radius 1 is 1.25 bits per heavy atom. The van der Waals surface area contributed by atoms with E-state index in [-0.39, 0.29) is 12.5 Å². The maximum absolute atomic E-state index is 11.7. The highest BCUT2D eigenvalue weighted by Crippen LogP contribution is 2.27. The van der Waals surface area contributed by atoms with Gasteiger partial charge in [0, 0.05) is 13.0 Å². The maximum atomic E-state index is 11.7. The van der Waals surface area contributed by atoms with Crippen molar-refractivity contribution in [3.63, 3.8) is 0 Å². The lowest BCUT2D eigenvalue weighted by Gasteiger charge is -2.11. The van der Waals surface area contributed by atoms with Crippen LogP contribution < -0.4 is 20.1 Å². The molecule has 1 atom stereocenters. The summed E-state index contributed by atoms with van der Waals surface area (Å²) in [6.07, 6.45) is 0.691. The van der Waals surface area contributed by atoms with Crippen LogP contribution in [0.25, 0.3) is 0 Å². The van der Waals surface area contributed by atoms with Gasteiger partial charge < -0.3 is 24.8 Å². The highest BCUT2D eigenvalue weighted by molar-refractivity contribution is 5.89. The number of benzene rings is 1. The summed E-state index contributed by atoms with van der Waals surface area (Å²) in [6.45, 7) is -0.130. The van der Waals surface area contributed by atoms with Crippen LogP contribution in [0.2, 0.25) is 0 Å². The Hall–Kier alpha value is -2.77. The van der Waals surface area contributed by atoms with Gasteiger partial charge in [-0.3, -0.25) is 9.59 Å². The Kier molecular flexibility index (Phi) is 6.00. The third-order valence-electron chi connectivity index (χ3n) is 3.56. The van der Waals surface area contributed by atoms with Crippen LogP contribution in [0.3, 0.4) is 0 Å². The SMILES string of the molecule is COc1ccc(CNC(=O)COC(=O)C2CCC(=O)N2)cc1OC. The predicted molar refractivity (Wildman–Crippen MR) is 83.5 cm³/mol. The molecule has 130 valence electrons. The number of rotatable bonds is 7. The van der Waals surface area contributed by atoms with Crippen molar-refractivity contribution in [2.45, 2.75) is 25.4 Å². The Morgan fingerprint density at radius 3 is 2.62 bits per heavy atom. The van der Waals surface area contributed by atoms with E-state index in [4.69, 9.17) is 14.2 Å². The second-order valence-corrected chi connectivity index (χ2v) is 5.23. The Balaban J connectivity index is 1.77. The van der Waals surface area contributed by atoms with Gasteiger partial charge in [0.2, 0.25) is 5.91 Å². The number of methoxy groups -OCH3 is 2. The average Bonchev–Trinajstić information content (AvgIpc) is 3.04. The number of nitrogens with one attached hydrogen (secondary N) is 2. The topological polar surface area (TPSA) is 103 Å². The van der Waals surface area contributed by atoms with Gasteiger partial charge in [-0.2, -0.15) is 0 Å². The molecule has 1 aliphatic heterocycles. The summed E-state index contributed by atoms with van der Waals surface area (Å²) in [7, 11) is 3.07. The lowest BCUT2D eigenvalue weighted by molar-refractivity contribution is -0.150. The van der Waals surface area contributed by atoms with Gasteiger partial charge in [-0.15, -0.1) is 0 Å². The van der Waals surface area contributed by atoms with E-state index >= 15 is 0 Å². The summed E-state index contributed by atoms with van der Waals surface area (Å²) in [4.78, 5) is 34.5. The highest BCUT2D eigenvalue weighted by atomic mass is 16.5. The number of ether oxygens (including phenoxy) is 3. The van der Waals surface area contributed by atoms with E-state index in [0.29, 0.717) is 24.3 Å². The third kappa shape index (κ3) is 4.61. The van der Waals surface area contributed by atoms with Crippen LogP contribution in [0.4, 0.5) is 0 Å². The van der Waals surface area contributed by atoms with Crippen LogP contribution in [0.5, 0.6) is 11.5 Å². The molecule has 1 unspecified atom stereocenters. The first-order valence-electron chi connectivity index (χ1n) is 7.47. The predicted octanol–water partition coefficient (Wildman–Crippen LogP) is 0.142. The zero-order chi connectivity index (χ0) is 17.5. The lowest BCUT2D eigenvalue weighted by Crippen LogP contribution is -2.37. The average molecular weight is 336 g/mol. The van der Waals surface area contributed by atoms with Crippen molar-refractivity contribution in [3.8, 4) is 11.5 Å². The first-order chi connectivity index (χ1) is 11.5. The standard InChI is InChI=1S/C16H20N2O6/c1-22-12-5-3-10(7-13(12)23-2)8-17-15(20)9-24-16(21)11-4-6-14(19)18-11/h3,5,7,11H,4,6,8-9H2,1-2H3,(H,17,20)(H,18,19). The molecule has 2 amide bonds. The minimum Gasteiger partial charge on any atom is -0.493 e. The molecule has 1 fully saturated rings. The van der Waals surface area contributed by atoms with Gasteiger partial charge in [0.15, 0.2) is 18.1 Å². The molecular formula is C16H20N2O6. The fraction of sp³-hybridized carbons (Fsp3) is 0.438. The first-order valence-corrected chi connectivity index (χ1v) is 7.47. The largest absolute Gasteiger partial charge is 0.493 e. The highest BCUT2D eigenvalue weighted by Gasteiger charge is 2.28. The summed E-state index contributed by atoms with van der Waals surface area (Å²) in [5.41, 5.74) is 0.815. The molecule has 1 heterocycles.